The summed E-state index contributed by atoms with van der Waals surface area (Å²) in [4.78, 5) is 4.28. The van der Waals surface area contributed by atoms with Gasteiger partial charge in [-0.2, -0.15) is 0 Å². The van der Waals surface area contributed by atoms with Crippen molar-refractivity contribution in [1.82, 2.24) is 5.32 Å². The van der Waals surface area contributed by atoms with Crippen LogP contribution >= 0.6 is 24.0 Å². The SMILES string of the molecule is CCCCCCNC(N)=NCCCOCC1CCCO1.I. The molecule has 1 aliphatic rings. The number of unbranched alkanes of at least 4 members (excludes halogenated alkanes) is 3. The van der Waals surface area contributed by atoms with Crippen molar-refractivity contribution in [3.63, 3.8) is 0 Å². The van der Waals surface area contributed by atoms with Gasteiger partial charge in [-0.1, -0.05) is 26.2 Å². The first kappa shape index (κ1) is 20.9. The quantitative estimate of drug-likeness (QED) is 0.237. The molecule has 0 bridgehead atoms. The van der Waals surface area contributed by atoms with Gasteiger partial charge >= 0.3 is 0 Å². The number of guanidine groups is 1. The average molecular weight is 413 g/mol. The summed E-state index contributed by atoms with van der Waals surface area (Å²) in [6, 6.07) is 0. The van der Waals surface area contributed by atoms with Gasteiger partial charge in [-0.3, -0.25) is 4.99 Å². The monoisotopic (exact) mass is 413 g/mol. The van der Waals surface area contributed by atoms with Crippen molar-refractivity contribution in [3.8, 4) is 0 Å². The van der Waals surface area contributed by atoms with E-state index in [0.717, 1.165) is 52.2 Å². The maximum Gasteiger partial charge on any atom is 0.188 e. The molecule has 0 aromatic heterocycles. The van der Waals surface area contributed by atoms with Gasteiger partial charge in [0.2, 0.25) is 0 Å². The Morgan fingerprint density at radius 1 is 1.33 bits per heavy atom. The van der Waals surface area contributed by atoms with Gasteiger partial charge in [0.1, 0.15) is 0 Å². The summed E-state index contributed by atoms with van der Waals surface area (Å²) in [7, 11) is 0. The molecule has 0 aromatic carbocycles. The van der Waals surface area contributed by atoms with Crippen molar-refractivity contribution >= 4 is 29.9 Å². The molecule has 6 heteroatoms. The van der Waals surface area contributed by atoms with Crippen molar-refractivity contribution in [2.75, 3.05) is 32.9 Å². The van der Waals surface area contributed by atoms with E-state index in [4.69, 9.17) is 15.2 Å². The molecular formula is C15H32IN3O2. The largest absolute Gasteiger partial charge is 0.379 e. The van der Waals surface area contributed by atoms with E-state index in [1.165, 1.54) is 25.7 Å². The van der Waals surface area contributed by atoms with Crippen LogP contribution in [0.4, 0.5) is 0 Å². The first-order valence-electron chi connectivity index (χ1n) is 8.06. The number of rotatable bonds is 11. The molecule has 1 saturated heterocycles. The van der Waals surface area contributed by atoms with Crippen LogP contribution in [0.1, 0.15) is 51.9 Å². The molecule has 0 saturated carbocycles. The van der Waals surface area contributed by atoms with Crippen molar-refractivity contribution in [2.24, 2.45) is 10.7 Å². The zero-order valence-electron chi connectivity index (χ0n) is 13.3. The fourth-order valence-electron chi connectivity index (χ4n) is 2.18. The summed E-state index contributed by atoms with van der Waals surface area (Å²) >= 11 is 0. The van der Waals surface area contributed by atoms with Gasteiger partial charge in [-0.25, -0.2) is 0 Å². The van der Waals surface area contributed by atoms with Crippen LogP contribution in [0.25, 0.3) is 0 Å². The molecule has 1 rings (SSSR count). The Labute approximate surface area is 146 Å². The van der Waals surface area contributed by atoms with E-state index in [2.05, 4.69) is 17.2 Å². The number of hydrogen-bond donors (Lipinski definition) is 2. The molecular weight excluding hydrogens is 381 g/mol. The standard InChI is InChI=1S/C15H31N3O2.HI/c1-2-3-4-5-9-17-15(16)18-10-7-11-19-13-14-8-6-12-20-14;/h14H,2-13H2,1H3,(H3,16,17,18);1H. The second kappa shape index (κ2) is 14.8. The van der Waals surface area contributed by atoms with Crippen LogP contribution in [-0.4, -0.2) is 45.0 Å². The first-order chi connectivity index (χ1) is 9.83. The van der Waals surface area contributed by atoms with E-state index in [-0.39, 0.29) is 24.0 Å². The van der Waals surface area contributed by atoms with Gasteiger partial charge < -0.3 is 20.5 Å². The van der Waals surface area contributed by atoms with Crippen molar-refractivity contribution in [1.29, 1.82) is 0 Å². The van der Waals surface area contributed by atoms with Crippen LogP contribution in [0.2, 0.25) is 0 Å². The molecule has 0 aromatic rings. The Morgan fingerprint density at radius 2 is 2.19 bits per heavy atom. The third-order valence-electron chi connectivity index (χ3n) is 3.39. The number of nitrogens with one attached hydrogen (secondary N) is 1. The highest BCUT2D eigenvalue weighted by Gasteiger charge is 2.14. The fraction of sp³-hybridized carbons (Fsp3) is 0.933. The summed E-state index contributed by atoms with van der Waals surface area (Å²) in [5.41, 5.74) is 5.78. The third-order valence-corrected chi connectivity index (χ3v) is 3.39. The number of nitrogens with zero attached hydrogens (tertiary/aromatic N) is 1. The molecule has 1 fully saturated rings. The summed E-state index contributed by atoms with van der Waals surface area (Å²) in [6.07, 6.45) is 8.49. The number of hydrogen-bond acceptors (Lipinski definition) is 3. The number of ether oxygens (including phenoxy) is 2. The average Bonchev–Trinajstić information content (AvgIpc) is 2.95. The van der Waals surface area contributed by atoms with Crippen LogP contribution < -0.4 is 11.1 Å². The minimum absolute atomic E-state index is 0. The molecule has 1 unspecified atom stereocenters. The summed E-state index contributed by atoms with van der Waals surface area (Å²) in [5, 5.41) is 3.14. The van der Waals surface area contributed by atoms with E-state index < -0.39 is 0 Å². The lowest BCUT2D eigenvalue weighted by atomic mass is 10.2. The van der Waals surface area contributed by atoms with E-state index in [1.54, 1.807) is 0 Å². The number of nitrogens with two attached hydrogens (primary N) is 1. The molecule has 0 radical (unpaired) electrons. The van der Waals surface area contributed by atoms with Crippen LogP contribution in [0.3, 0.4) is 0 Å². The van der Waals surface area contributed by atoms with Gasteiger partial charge in [-0.15, -0.1) is 24.0 Å². The normalized spacial score (nSPS) is 18.5. The summed E-state index contributed by atoms with van der Waals surface area (Å²) < 4.78 is 11.1. The lowest BCUT2D eigenvalue weighted by Crippen LogP contribution is -2.32. The summed E-state index contributed by atoms with van der Waals surface area (Å²) in [6.45, 7) is 6.19. The maximum atomic E-state index is 5.78. The van der Waals surface area contributed by atoms with Gasteiger partial charge in [0.15, 0.2) is 5.96 Å². The second-order valence-electron chi connectivity index (χ2n) is 5.32. The van der Waals surface area contributed by atoms with Crippen LogP contribution in [0.5, 0.6) is 0 Å². The number of aliphatic imine (C=N–C) groups is 1. The Bertz CT molecular complexity index is 259. The third kappa shape index (κ3) is 12.2. The highest BCUT2D eigenvalue weighted by atomic mass is 127. The second-order valence-corrected chi connectivity index (χ2v) is 5.32. The zero-order valence-corrected chi connectivity index (χ0v) is 15.6. The van der Waals surface area contributed by atoms with Crippen LogP contribution in [0, 0.1) is 0 Å². The van der Waals surface area contributed by atoms with Gasteiger partial charge in [0.25, 0.3) is 0 Å². The molecule has 0 spiro atoms. The molecule has 21 heavy (non-hydrogen) atoms. The predicted molar refractivity (Wildman–Crippen MR) is 98.5 cm³/mol. The predicted octanol–water partition coefficient (Wildman–Crippen LogP) is 2.67. The van der Waals surface area contributed by atoms with Crippen molar-refractivity contribution < 1.29 is 9.47 Å². The lowest BCUT2D eigenvalue weighted by Gasteiger charge is -2.09. The minimum Gasteiger partial charge on any atom is -0.379 e. The molecule has 3 N–H and O–H groups in total. The van der Waals surface area contributed by atoms with Gasteiger partial charge in [0, 0.05) is 26.3 Å². The molecule has 1 heterocycles. The van der Waals surface area contributed by atoms with E-state index in [0.29, 0.717) is 12.1 Å². The number of halogens is 1. The van der Waals surface area contributed by atoms with Crippen molar-refractivity contribution in [3.05, 3.63) is 0 Å². The van der Waals surface area contributed by atoms with Gasteiger partial charge in [0.05, 0.1) is 12.7 Å². The molecule has 0 amide bonds. The maximum absolute atomic E-state index is 5.78. The molecule has 0 aliphatic carbocycles. The molecule has 1 aliphatic heterocycles. The Morgan fingerprint density at radius 3 is 2.90 bits per heavy atom. The molecule has 126 valence electrons. The molecule has 1 atom stereocenters. The Balaban J connectivity index is 0.00000400. The highest BCUT2D eigenvalue weighted by Crippen LogP contribution is 2.11. The Hall–Kier alpha value is -0.0800. The van der Waals surface area contributed by atoms with Gasteiger partial charge in [-0.05, 0) is 25.7 Å². The van der Waals surface area contributed by atoms with E-state index >= 15 is 0 Å². The topological polar surface area (TPSA) is 68.9 Å². The summed E-state index contributed by atoms with van der Waals surface area (Å²) in [5.74, 6) is 0.556. The Kier molecular flexibility index (Phi) is 14.8. The van der Waals surface area contributed by atoms with Crippen LogP contribution in [0.15, 0.2) is 4.99 Å². The van der Waals surface area contributed by atoms with E-state index in [1.807, 2.05) is 0 Å². The first-order valence-corrected chi connectivity index (χ1v) is 8.06. The van der Waals surface area contributed by atoms with Crippen LogP contribution in [-0.2, 0) is 9.47 Å². The fourth-order valence-corrected chi connectivity index (χ4v) is 2.18. The van der Waals surface area contributed by atoms with Crippen molar-refractivity contribution in [2.45, 2.75) is 58.0 Å². The molecule has 5 nitrogen and oxygen atoms in total. The lowest BCUT2D eigenvalue weighted by molar-refractivity contribution is 0.0171. The van der Waals surface area contributed by atoms with E-state index in [9.17, 15) is 0 Å². The highest BCUT2D eigenvalue weighted by molar-refractivity contribution is 14.0. The minimum atomic E-state index is 0. The smallest absolute Gasteiger partial charge is 0.188 e. The zero-order chi connectivity index (χ0) is 14.5.